The Kier molecular flexibility index (Phi) is 4.28. The van der Waals surface area contributed by atoms with Gasteiger partial charge in [-0.05, 0) is 19.8 Å². The lowest BCUT2D eigenvalue weighted by Gasteiger charge is -2.29. The van der Waals surface area contributed by atoms with E-state index in [2.05, 4.69) is 0 Å². The fourth-order valence-electron chi connectivity index (χ4n) is 1.73. The minimum absolute atomic E-state index is 0.170. The summed E-state index contributed by atoms with van der Waals surface area (Å²) < 4.78 is 4.89. The van der Waals surface area contributed by atoms with Crippen LogP contribution in [0.25, 0.3) is 0 Å². The van der Waals surface area contributed by atoms with Gasteiger partial charge in [-0.25, -0.2) is 0 Å². The SMILES string of the molecule is CCOC(=O)C1CCN(C(=O)C(N)=O)CC1. The summed E-state index contributed by atoms with van der Waals surface area (Å²) >= 11 is 0. The van der Waals surface area contributed by atoms with E-state index >= 15 is 0 Å². The van der Waals surface area contributed by atoms with Gasteiger partial charge in [-0.1, -0.05) is 0 Å². The van der Waals surface area contributed by atoms with E-state index in [1.807, 2.05) is 0 Å². The molecule has 1 fully saturated rings. The molecule has 1 rings (SSSR count). The van der Waals surface area contributed by atoms with Crippen molar-refractivity contribution < 1.29 is 19.1 Å². The molecular formula is C10H16N2O4. The number of esters is 1. The van der Waals surface area contributed by atoms with E-state index in [0.717, 1.165) is 0 Å². The van der Waals surface area contributed by atoms with Crippen molar-refractivity contribution >= 4 is 17.8 Å². The van der Waals surface area contributed by atoms with Gasteiger partial charge < -0.3 is 15.4 Å². The Bertz CT molecular complexity index is 295. The van der Waals surface area contributed by atoms with Crippen LogP contribution in [0.15, 0.2) is 0 Å². The maximum atomic E-state index is 11.4. The number of piperidine rings is 1. The zero-order chi connectivity index (χ0) is 12.1. The highest BCUT2D eigenvalue weighted by molar-refractivity contribution is 6.34. The Morgan fingerprint density at radius 2 is 1.88 bits per heavy atom. The van der Waals surface area contributed by atoms with Crippen LogP contribution in [0, 0.1) is 5.92 Å². The first kappa shape index (κ1) is 12.5. The second-order valence-electron chi connectivity index (χ2n) is 3.68. The lowest BCUT2D eigenvalue weighted by Crippen LogP contribution is -2.45. The zero-order valence-electron chi connectivity index (χ0n) is 9.27. The highest BCUT2D eigenvalue weighted by Crippen LogP contribution is 2.18. The molecule has 2 N–H and O–H groups in total. The summed E-state index contributed by atoms with van der Waals surface area (Å²) in [5.74, 6) is -2.03. The molecule has 0 saturated carbocycles. The first-order valence-corrected chi connectivity index (χ1v) is 5.31. The van der Waals surface area contributed by atoms with E-state index in [0.29, 0.717) is 32.5 Å². The number of ether oxygens (including phenoxy) is 1. The van der Waals surface area contributed by atoms with Crippen LogP contribution in [0.1, 0.15) is 19.8 Å². The standard InChI is InChI=1S/C10H16N2O4/c1-2-16-10(15)7-3-5-12(6-4-7)9(14)8(11)13/h7H,2-6H2,1H3,(H2,11,13). The van der Waals surface area contributed by atoms with Crippen LogP contribution < -0.4 is 5.73 Å². The van der Waals surface area contributed by atoms with Crippen molar-refractivity contribution in [2.45, 2.75) is 19.8 Å². The Hall–Kier alpha value is -1.59. The zero-order valence-corrected chi connectivity index (χ0v) is 9.27. The molecule has 0 aliphatic carbocycles. The van der Waals surface area contributed by atoms with E-state index < -0.39 is 11.8 Å². The summed E-state index contributed by atoms with van der Waals surface area (Å²) in [6.45, 7) is 2.87. The number of primary amides is 1. The van der Waals surface area contributed by atoms with Crippen LogP contribution in [0.4, 0.5) is 0 Å². The van der Waals surface area contributed by atoms with Crippen molar-refractivity contribution in [3.63, 3.8) is 0 Å². The van der Waals surface area contributed by atoms with Crippen molar-refractivity contribution in [1.82, 2.24) is 4.90 Å². The Balaban J connectivity index is 2.42. The van der Waals surface area contributed by atoms with Crippen LogP contribution in [-0.4, -0.2) is 42.4 Å². The minimum atomic E-state index is -0.949. The van der Waals surface area contributed by atoms with Gasteiger partial charge in [-0.15, -0.1) is 0 Å². The molecule has 16 heavy (non-hydrogen) atoms. The summed E-state index contributed by atoms with van der Waals surface area (Å²) in [7, 11) is 0. The fraction of sp³-hybridized carbons (Fsp3) is 0.700. The molecule has 0 unspecified atom stereocenters. The summed E-state index contributed by atoms with van der Waals surface area (Å²) in [6, 6.07) is 0. The van der Waals surface area contributed by atoms with Gasteiger partial charge in [0.2, 0.25) is 0 Å². The van der Waals surface area contributed by atoms with E-state index in [9.17, 15) is 14.4 Å². The molecule has 0 aromatic carbocycles. The van der Waals surface area contributed by atoms with E-state index in [-0.39, 0.29) is 11.9 Å². The molecule has 0 atom stereocenters. The lowest BCUT2D eigenvalue weighted by molar-refractivity contribution is -0.152. The van der Waals surface area contributed by atoms with Crippen molar-refractivity contribution in [2.75, 3.05) is 19.7 Å². The molecule has 0 spiro atoms. The number of likely N-dealkylation sites (tertiary alicyclic amines) is 1. The van der Waals surface area contributed by atoms with Crippen LogP contribution >= 0.6 is 0 Å². The second-order valence-corrected chi connectivity index (χ2v) is 3.68. The number of amides is 2. The smallest absolute Gasteiger partial charge is 0.311 e. The van der Waals surface area contributed by atoms with Gasteiger partial charge >= 0.3 is 17.8 Å². The normalized spacial score (nSPS) is 16.9. The average molecular weight is 228 g/mol. The molecule has 6 nitrogen and oxygen atoms in total. The van der Waals surface area contributed by atoms with Gasteiger partial charge in [0.15, 0.2) is 0 Å². The third kappa shape index (κ3) is 2.95. The Labute approximate surface area is 93.7 Å². The predicted molar refractivity (Wildman–Crippen MR) is 55.1 cm³/mol. The van der Waals surface area contributed by atoms with Gasteiger partial charge in [0.1, 0.15) is 0 Å². The van der Waals surface area contributed by atoms with Crippen molar-refractivity contribution in [3.8, 4) is 0 Å². The minimum Gasteiger partial charge on any atom is -0.466 e. The third-order valence-corrected chi connectivity index (χ3v) is 2.61. The summed E-state index contributed by atoms with van der Waals surface area (Å²) in [5, 5.41) is 0. The van der Waals surface area contributed by atoms with Crippen LogP contribution in [0.5, 0.6) is 0 Å². The Morgan fingerprint density at radius 3 is 2.31 bits per heavy atom. The average Bonchev–Trinajstić information content (AvgIpc) is 2.28. The summed E-state index contributed by atoms with van der Waals surface area (Å²) in [5.41, 5.74) is 4.89. The molecule has 6 heteroatoms. The van der Waals surface area contributed by atoms with Crippen LogP contribution in [0.2, 0.25) is 0 Å². The molecule has 0 bridgehead atoms. The molecular weight excluding hydrogens is 212 g/mol. The highest BCUT2D eigenvalue weighted by Gasteiger charge is 2.29. The predicted octanol–water partition coefficient (Wildman–Crippen LogP) is -0.727. The first-order chi connectivity index (χ1) is 7.56. The van der Waals surface area contributed by atoms with Gasteiger partial charge in [-0.2, -0.15) is 0 Å². The van der Waals surface area contributed by atoms with Gasteiger partial charge in [0.05, 0.1) is 12.5 Å². The molecule has 1 aliphatic rings. The summed E-state index contributed by atoms with van der Waals surface area (Å²) in [6.07, 6.45) is 1.05. The maximum absolute atomic E-state index is 11.4. The van der Waals surface area contributed by atoms with E-state index in [4.69, 9.17) is 10.5 Å². The van der Waals surface area contributed by atoms with Crippen LogP contribution in [-0.2, 0) is 19.1 Å². The number of rotatable bonds is 2. The topological polar surface area (TPSA) is 89.7 Å². The highest BCUT2D eigenvalue weighted by atomic mass is 16.5. The van der Waals surface area contributed by atoms with E-state index in [1.54, 1.807) is 6.92 Å². The number of nitrogens with two attached hydrogens (primary N) is 1. The fourth-order valence-corrected chi connectivity index (χ4v) is 1.73. The van der Waals surface area contributed by atoms with E-state index in [1.165, 1.54) is 4.90 Å². The molecule has 0 radical (unpaired) electrons. The van der Waals surface area contributed by atoms with Gasteiger partial charge in [0.25, 0.3) is 0 Å². The third-order valence-electron chi connectivity index (χ3n) is 2.61. The van der Waals surface area contributed by atoms with Gasteiger partial charge in [0, 0.05) is 13.1 Å². The monoisotopic (exact) mass is 228 g/mol. The molecule has 1 heterocycles. The number of nitrogens with zero attached hydrogens (tertiary/aromatic N) is 1. The molecule has 90 valence electrons. The number of carbonyl (C=O) groups is 3. The molecule has 1 aliphatic heterocycles. The number of hydrogen-bond donors (Lipinski definition) is 1. The number of hydrogen-bond acceptors (Lipinski definition) is 4. The largest absolute Gasteiger partial charge is 0.466 e. The molecule has 0 aromatic heterocycles. The van der Waals surface area contributed by atoms with Crippen molar-refractivity contribution in [2.24, 2.45) is 11.7 Å². The molecule has 1 saturated heterocycles. The Morgan fingerprint density at radius 1 is 1.31 bits per heavy atom. The van der Waals surface area contributed by atoms with Crippen LogP contribution in [0.3, 0.4) is 0 Å². The second kappa shape index (κ2) is 5.48. The van der Waals surface area contributed by atoms with Crippen molar-refractivity contribution in [3.05, 3.63) is 0 Å². The summed E-state index contributed by atoms with van der Waals surface area (Å²) in [4.78, 5) is 34.7. The van der Waals surface area contributed by atoms with Gasteiger partial charge in [-0.3, -0.25) is 14.4 Å². The first-order valence-electron chi connectivity index (χ1n) is 5.31. The lowest BCUT2D eigenvalue weighted by atomic mass is 9.97. The molecule has 0 aromatic rings. The molecule has 2 amide bonds. The van der Waals surface area contributed by atoms with Crippen molar-refractivity contribution in [1.29, 1.82) is 0 Å². The number of carbonyl (C=O) groups excluding carboxylic acids is 3. The quantitative estimate of drug-likeness (QED) is 0.498. The maximum Gasteiger partial charge on any atom is 0.311 e.